The van der Waals surface area contributed by atoms with Gasteiger partial charge in [0.2, 0.25) is 0 Å². The number of hydrogen-bond acceptors (Lipinski definition) is 3. The number of rotatable bonds is 1. The van der Waals surface area contributed by atoms with Crippen molar-refractivity contribution >= 4 is 0 Å². The van der Waals surface area contributed by atoms with Gasteiger partial charge in [-0.05, 0) is 27.4 Å². The Balaban J connectivity index is -0.000000305. The van der Waals surface area contributed by atoms with Crippen molar-refractivity contribution in [2.45, 2.75) is 52.0 Å². The van der Waals surface area contributed by atoms with Crippen molar-refractivity contribution in [3.8, 4) is 0 Å². The van der Waals surface area contributed by atoms with Crippen LogP contribution < -0.4 is 0 Å². The van der Waals surface area contributed by atoms with Crippen LogP contribution in [-0.4, -0.2) is 48.0 Å². The zero-order valence-corrected chi connectivity index (χ0v) is 11.4. The van der Waals surface area contributed by atoms with Gasteiger partial charge in [-0.25, -0.2) is 0 Å². The Kier molecular flexibility index (Phi) is 16.5. The first kappa shape index (κ1) is 20.9. The van der Waals surface area contributed by atoms with Gasteiger partial charge in [0.15, 0.2) is 6.29 Å². The number of aliphatic hydroxyl groups excluding tert-OH is 1. The van der Waals surface area contributed by atoms with E-state index < -0.39 is 6.29 Å². The second kappa shape index (κ2) is 12.6. The van der Waals surface area contributed by atoms with Crippen LogP contribution in [0.1, 0.15) is 33.6 Å². The van der Waals surface area contributed by atoms with Crippen LogP contribution >= 0.6 is 0 Å². The summed E-state index contributed by atoms with van der Waals surface area (Å²) in [7, 11) is 4.07. The highest BCUT2D eigenvalue weighted by Crippen LogP contribution is 2.20. The van der Waals surface area contributed by atoms with Gasteiger partial charge in [0.25, 0.3) is 0 Å². The van der Waals surface area contributed by atoms with Gasteiger partial charge in [-0.2, -0.15) is 0 Å². The van der Waals surface area contributed by atoms with Crippen LogP contribution in [-0.2, 0) is 4.74 Å². The normalized spacial score (nSPS) is 27.8. The summed E-state index contributed by atoms with van der Waals surface area (Å²) in [5, 5.41) is 9.25. The van der Waals surface area contributed by atoms with Gasteiger partial charge >= 0.3 is 0 Å². The fraction of sp³-hybridized carbons (Fsp3) is 0.833. The Morgan fingerprint density at radius 3 is 1.94 bits per heavy atom. The van der Waals surface area contributed by atoms with Gasteiger partial charge in [0.05, 0.1) is 6.10 Å². The predicted molar refractivity (Wildman–Crippen MR) is 69.5 cm³/mol. The minimum Gasteiger partial charge on any atom is -0.412 e. The first-order valence-corrected chi connectivity index (χ1v) is 5.59. The predicted octanol–water partition coefficient (Wildman–Crippen LogP) is 1.44. The molecule has 1 aliphatic heterocycles. The lowest BCUT2D eigenvalue weighted by atomic mass is 10.0. The minimum absolute atomic E-state index is 0. The van der Waals surface area contributed by atoms with E-state index in [4.69, 9.17) is 4.74 Å². The number of hydrogen-bond donors (Lipinski definition) is 1. The summed E-state index contributed by atoms with van der Waals surface area (Å²) in [4.78, 5) is 2.14. The van der Waals surface area contributed by atoms with E-state index in [1.807, 2.05) is 34.9 Å². The van der Waals surface area contributed by atoms with E-state index in [0.29, 0.717) is 6.04 Å². The first-order valence-electron chi connectivity index (χ1n) is 5.59. The summed E-state index contributed by atoms with van der Waals surface area (Å²) in [6, 6.07) is 0.466. The topological polar surface area (TPSA) is 64.2 Å². The van der Waals surface area contributed by atoms with Crippen LogP contribution in [0.5, 0.6) is 0 Å². The van der Waals surface area contributed by atoms with Gasteiger partial charge in [-0.3, -0.25) is 0 Å². The van der Waals surface area contributed by atoms with Crippen LogP contribution in [0.25, 0.3) is 0 Å². The van der Waals surface area contributed by atoms with Crippen LogP contribution in [0.3, 0.4) is 0 Å². The molecular weight excluding hydrogens is 206 g/mol. The second-order valence-corrected chi connectivity index (χ2v) is 3.49. The lowest BCUT2D eigenvalue weighted by molar-refractivity contribution is -0.172. The molecule has 0 aromatic carbocycles. The Morgan fingerprint density at radius 2 is 1.62 bits per heavy atom. The van der Waals surface area contributed by atoms with Crippen LogP contribution in [0.15, 0.2) is 13.2 Å². The quantitative estimate of drug-likeness (QED) is 0.699. The summed E-state index contributed by atoms with van der Waals surface area (Å²) in [6.07, 6.45) is 1.37. The van der Waals surface area contributed by atoms with Crippen molar-refractivity contribution in [1.29, 1.82) is 0 Å². The summed E-state index contributed by atoms with van der Waals surface area (Å²) in [5.41, 5.74) is 0. The van der Waals surface area contributed by atoms with E-state index in [2.05, 4.69) is 18.1 Å². The molecule has 0 bridgehead atoms. The molecule has 100 valence electrons. The molecule has 0 aromatic rings. The van der Waals surface area contributed by atoms with Crippen molar-refractivity contribution in [3.63, 3.8) is 0 Å². The van der Waals surface area contributed by atoms with Crippen LogP contribution in [0.2, 0.25) is 0 Å². The van der Waals surface area contributed by atoms with Crippen molar-refractivity contribution in [2.24, 2.45) is 0 Å². The Labute approximate surface area is 100 Å². The molecule has 0 spiro atoms. The number of aliphatic hydroxyl groups is 1. The molecule has 3 N–H and O–H groups in total. The zero-order valence-electron chi connectivity index (χ0n) is 11.4. The van der Waals surface area contributed by atoms with Gasteiger partial charge < -0.3 is 20.2 Å². The van der Waals surface area contributed by atoms with Crippen LogP contribution in [0.4, 0.5) is 0 Å². The lowest BCUT2D eigenvalue weighted by Crippen LogP contribution is -2.41. The molecule has 0 aromatic heterocycles. The summed E-state index contributed by atoms with van der Waals surface area (Å²) >= 11 is 0. The largest absolute Gasteiger partial charge is 0.412 e. The molecule has 16 heavy (non-hydrogen) atoms. The third kappa shape index (κ3) is 8.85. The first-order chi connectivity index (χ1) is 7.09. The molecule has 1 fully saturated rings. The highest BCUT2D eigenvalue weighted by atomic mass is 16.6. The third-order valence-corrected chi connectivity index (χ3v) is 2.20. The van der Waals surface area contributed by atoms with Gasteiger partial charge in [-0.15, -0.1) is 13.2 Å². The SMILES string of the molecule is C=C.CC.CC1CC(N(C)C)CC(O)O1.O. The van der Waals surface area contributed by atoms with E-state index in [1.54, 1.807) is 0 Å². The average molecular weight is 235 g/mol. The van der Waals surface area contributed by atoms with Gasteiger partial charge in [0, 0.05) is 12.5 Å². The van der Waals surface area contributed by atoms with Crippen LogP contribution in [0, 0.1) is 0 Å². The Morgan fingerprint density at radius 1 is 1.19 bits per heavy atom. The fourth-order valence-corrected chi connectivity index (χ4v) is 1.51. The summed E-state index contributed by atoms with van der Waals surface area (Å²) < 4.78 is 5.20. The molecule has 1 aliphatic rings. The molecule has 4 heteroatoms. The highest BCUT2D eigenvalue weighted by Gasteiger charge is 2.26. The minimum atomic E-state index is -0.564. The second-order valence-electron chi connectivity index (χ2n) is 3.49. The van der Waals surface area contributed by atoms with Crippen molar-refractivity contribution in [3.05, 3.63) is 13.2 Å². The van der Waals surface area contributed by atoms with Gasteiger partial charge in [-0.1, -0.05) is 13.8 Å². The molecule has 1 saturated heterocycles. The maximum Gasteiger partial charge on any atom is 0.156 e. The maximum atomic E-state index is 9.25. The molecule has 0 aliphatic carbocycles. The summed E-state index contributed by atoms with van der Waals surface area (Å²) in [6.45, 7) is 12.0. The van der Waals surface area contributed by atoms with E-state index in [1.165, 1.54) is 0 Å². The molecule has 0 radical (unpaired) electrons. The molecule has 0 saturated carbocycles. The molecule has 3 atom stereocenters. The van der Waals surface area contributed by atoms with Crippen molar-refractivity contribution < 1.29 is 15.3 Å². The lowest BCUT2D eigenvalue weighted by Gasteiger charge is -2.34. The van der Waals surface area contributed by atoms with E-state index >= 15 is 0 Å². The molecule has 1 rings (SSSR count). The number of ether oxygens (including phenoxy) is 1. The number of nitrogens with zero attached hydrogens (tertiary/aromatic N) is 1. The Hall–Kier alpha value is -0.420. The molecular formula is C12H29NO3. The summed E-state index contributed by atoms with van der Waals surface area (Å²) in [5.74, 6) is 0. The van der Waals surface area contributed by atoms with E-state index in [-0.39, 0.29) is 11.6 Å². The highest BCUT2D eigenvalue weighted by molar-refractivity contribution is 4.75. The zero-order chi connectivity index (χ0) is 12.4. The molecule has 3 unspecified atom stereocenters. The maximum absolute atomic E-state index is 9.25. The molecule has 1 heterocycles. The van der Waals surface area contributed by atoms with Crippen molar-refractivity contribution in [1.82, 2.24) is 4.90 Å². The van der Waals surface area contributed by atoms with E-state index in [0.717, 1.165) is 12.8 Å². The van der Waals surface area contributed by atoms with Gasteiger partial charge in [0.1, 0.15) is 0 Å². The van der Waals surface area contributed by atoms with E-state index in [9.17, 15) is 5.11 Å². The monoisotopic (exact) mass is 235 g/mol. The standard InChI is InChI=1S/C8H17NO2.C2H6.C2H4.H2O/c1-6-4-7(9(2)3)5-8(10)11-6;2*1-2;/h6-8,10H,4-5H2,1-3H3;1-2H3;1-2H2;1H2. The average Bonchev–Trinajstić information content (AvgIpc) is 2.22. The smallest absolute Gasteiger partial charge is 0.156 e. The molecule has 4 nitrogen and oxygen atoms in total. The van der Waals surface area contributed by atoms with Crippen molar-refractivity contribution in [2.75, 3.05) is 14.1 Å². The third-order valence-electron chi connectivity index (χ3n) is 2.20. The molecule has 0 amide bonds. The fourth-order valence-electron chi connectivity index (χ4n) is 1.51. The Bertz CT molecular complexity index is 132.